The Bertz CT molecular complexity index is 876. The number of aliphatic hydroxyl groups is 1. The van der Waals surface area contributed by atoms with Crippen molar-refractivity contribution in [2.75, 3.05) is 6.26 Å². The van der Waals surface area contributed by atoms with Crippen molar-refractivity contribution < 1.29 is 27.0 Å². The summed E-state index contributed by atoms with van der Waals surface area (Å²) in [6, 6.07) is 8.32. The first-order valence-electron chi connectivity index (χ1n) is 6.87. The fraction of sp³-hybridized carbons (Fsp3) is 0.176. The highest BCUT2D eigenvalue weighted by Crippen LogP contribution is 2.34. The van der Waals surface area contributed by atoms with Crippen molar-refractivity contribution in [3.05, 3.63) is 72.0 Å². The number of hydrogen-bond acceptors (Lipinski definition) is 4. The summed E-state index contributed by atoms with van der Waals surface area (Å²) in [4.78, 5) is 0.0881. The van der Waals surface area contributed by atoms with Gasteiger partial charge in [0.05, 0.1) is 4.90 Å². The molecule has 0 aliphatic heterocycles. The maximum atomic E-state index is 13.8. The van der Waals surface area contributed by atoms with Crippen LogP contribution in [0.4, 0.5) is 8.78 Å². The van der Waals surface area contributed by atoms with Crippen molar-refractivity contribution in [1.82, 2.24) is 0 Å². The summed E-state index contributed by atoms with van der Waals surface area (Å²) in [6.45, 7) is 4.87. The van der Waals surface area contributed by atoms with Crippen LogP contribution in [0.2, 0.25) is 0 Å². The van der Waals surface area contributed by atoms with Crippen molar-refractivity contribution in [2.45, 2.75) is 17.4 Å². The van der Waals surface area contributed by atoms with Crippen LogP contribution < -0.4 is 4.74 Å². The maximum absolute atomic E-state index is 13.8. The van der Waals surface area contributed by atoms with Crippen molar-refractivity contribution in [3.8, 4) is 5.75 Å². The first-order chi connectivity index (χ1) is 11.0. The molecular weight excluding hydrogens is 338 g/mol. The van der Waals surface area contributed by atoms with Crippen LogP contribution in [-0.4, -0.2) is 19.8 Å². The molecular formula is C17H16F2O4S. The molecule has 0 bridgehead atoms. The molecule has 7 heteroatoms. The molecule has 1 atom stereocenters. The van der Waals surface area contributed by atoms with Crippen molar-refractivity contribution in [3.63, 3.8) is 0 Å². The number of rotatable bonds is 5. The van der Waals surface area contributed by atoms with Gasteiger partial charge >= 0.3 is 0 Å². The lowest BCUT2D eigenvalue weighted by atomic mass is 9.94. The Labute approximate surface area is 138 Å². The predicted octanol–water partition coefficient (Wildman–Crippen LogP) is 3.73. The van der Waals surface area contributed by atoms with Gasteiger partial charge in [-0.05, 0) is 31.2 Å². The molecule has 128 valence electrons. The second-order valence-corrected chi connectivity index (χ2v) is 7.47. The van der Waals surface area contributed by atoms with Crippen LogP contribution in [0.3, 0.4) is 0 Å². The molecule has 2 aromatic carbocycles. The van der Waals surface area contributed by atoms with Crippen LogP contribution in [0.15, 0.2) is 59.7 Å². The zero-order valence-corrected chi connectivity index (χ0v) is 13.9. The van der Waals surface area contributed by atoms with E-state index in [1.165, 1.54) is 31.2 Å². The lowest BCUT2D eigenvalue weighted by Gasteiger charge is -2.30. The third-order valence-electron chi connectivity index (χ3n) is 3.59. The monoisotopic (exact) mass is 354 g/mol. The van der Waals surface area contributed by atoms with Crippen LogP contribution in [0.5, 0.6) is 5.75 Å². The summed E-state index contributed by atoms with van der Waals surface area (Å²) in [5.74, 6) is -2.39. The van der Waals surface area contributed by atoms with E-state index in [1.54, 1.807) is 0 Å². The SMILES string of the molecule is C=C(O)C(C)(Oc1ccc(F)cc1F)c1ccc(S(C)(=O)=O)cc1. The molecule has 0 saturated carbocycles. The zero-order chi connectivity index (χ0) is 18.1. The first kappa shape index (κ1) is 17.9. The zero-order valence-electron chi connectivity index (χ0n) is 13.1. The van der Waals surface area contributed by atoms with Gasteiger partial charge in [0.1, 0.15) is 11.6 Å². The van der Waals surface area contributed by atoms with E-state index in [0.717, 1.165) is 18.4 Å². The second kappa shape index (κ2) is 6.24. The van der Waals surface area contributed by atoms with E-state index in [4.69, 9.17) is 4.74 Å². The van der Waals surface area contributed by atoms with Gasteiger partial charge in [0.15, 0.2) is 27.0 Å². The van der Waals surface area contributed by atoms with Gasteiger partial charge in [0.2, 0.25) is 0 Å². The molecule has 0 heterocycles. The second-order valence-electron chi connectivity index (χ2n) is 5.45. The van der Waals surface area contributed by atoms with Crippen LogP contribution >= 0.6 is 0 Å². The first-order valence-corrected chi connectivity index (χ1v) is 8.76. The Balaban J connectivity index is 2.45. The van der Waals surface area contributed by atoms with Crippen LogP contribution in [0.25, 0.3) is 0 Å². The minimum Gasteiger partial charge on any atom is -0.508 e. The molecule has 0 aromatic heterocycles. The quantitative estimate of drug-likeness (QED) is 0.831. The van der Waals surface area contributed by atoms with E-state index < -0.39 is 32.8 Å². The molecule has 0 saturated heterocycles. The van der Waals surface area contributed by atoms with Crippen molar-refractivity contribution in [2.24, 2.45) is 0 Å². The van der Waals surface area contributed by atoms with E-state index in [0.29, 0.717) is 11.6 Å². The van der Waals surface area contributed by atoms with E-state index in [-0.39, 0.29) is 10.6 Å². The number of ether oxygens (including phenoxy) is 1. The molecule has 1 unspecified atom stereocenters. The minimum atomic E-state index is -3.38. The third-order valence-corrected chi connectivity index (χ3v) is 4.72. The number of hydrogen-bond donors (Lipinski definition) is 1. The van der Waals surface area contributed by atoms with Crippen molar-refractivity contribution in [1.29, 1.82) is 0 Å². The van der Waals surface area contributed by atoms with Gasteiger partial charge in [-0.3, -0.25) is 0 Å². The summed E-state index contributed by atoms with van der Waals surface area (Å²) >= 11 is 0. The van der Waals surface area contributed by atoms with E-state index in [9.17, 15) is 22.3 Å². The lowest BCUT2D eigenvalue weighted by Crippen LogP contribution is -2.32. The van der Waals surface area contributed by atoms with Gasteiger partial charge < -0.3 is 9.84 Å². The Morgan fingerprint density at radius 3 is 2.21 bits per heavy atom. The number of halogens is 2. The minimum absolute atomic E-state index is 0.0881. The Kier molecular flexibility index (Phi) is 4.66. The van der Waals surface area contributed by atoms with E-state index in [2.05, 4.69) is 6.58 Å². The standard InChI is InChI=1S/C17H16F2O4S/c1-11(20)17(2,23-16-9-6-13(18)10-15(16)19)12-4-7-14(8-5-12)24(3,21)22/h4-10,20H,1H2,2-3H3. The van der Waals surface area contributed by atoms with Gasteiger partial charge in [-0.2, -0.15) is 0 Å². The lowest BCUT2D eigenvalue weighted by molar-refractivity contribution is 0.0729. The molecule has 0 aliphatic carbocycles. The summed E-state index contributed by atoms with van der Waals surface area (Å²) in [5.41, 5.74) is -1.19. The average molecular weight is 354 g/mol. The molecule has 1 N–H and O–H groups in total. The topological polar surface area (TPSA) is 63.6 Å². The Morgan fingerprint density at radius 1 is 1.17 bits per heavy atom. The third kappa shape index (κ3) is 3.56. The molecule has 4 nitrogen and oxygen atoms in total. The largest absolute Gasteiger partial charge is 0.508 e. The molecule has 0 amide bonds. The summed E-state index contributed by atoms with van der Waals surface area (Å²) in [7, 11) is -3.38. The fourth-order valence-corrected chi connectivity index (χ4v) is 2.71. The molecule has 2 aromatic rings. The van der Waals surface area contributed by atoms with E-state index in [1.807, 2.05) is 0 Å². The predicted molar refractivity (Wildman–Crippen MR) is 85.7 cm³/mol. The molecule has 0 spiro atoms. The number of benzene rings is 2. The summed E-state index contributed by atoms with van der Waals surface area (Å²) in [6.07, 6.45) is 1.07. The molecule has 2 rings (SSSR count). The summed E-state index contributed by atoms with van der Waals surface area (Å²) < 4.78 is 55.4. The highest BCUT2D eigenvalue weighted by molar-refractivity contribution is 7.90. The van der Waals surface area contributed by atoms with Gasteiger partial charge in [0, 0.05) is 17.9 Å². The molecule has 0 radical (unpaired) electrons. The number of aliphatic hydroxyl groups excluding tert-OH is 1. The van der Waals surface area contributed by atoms with Crippen LogP contribution in [0.1, 0.15) is 12.5 Å². The number of sulfone groups is 1. The average Bonchev–Trinajstić information content (AvgIpc) is 2.49. The van der Waals surface area contributed by atoms with Crippen LogP contribution in [0, 0.1) is 11.6 Å². The maximum Gasteiger partial charge on any atom is 0.187 e. The van der Waals surface area contributed by atoms with Gasteiger partial charge in [-0.1, -0.05) is 18.7 Å². The van der Waals surface area contributed by atoms with Gasteiger partial charge in [-0.15, -0.1) is 0 Å². The van der Waals surface area contributed by atoms with Crippen molar-refractivity contribution >= 4 is 9.84 Å². The normalized spacial score (nSPS) is 14.0. The van der Waals surface area contributed by atoms with Gasteiger partial charge in [-0.25, -0.2) is 17.2 Å². The van der Waals surface area contributed by atoms with Crippen LogP contribution in [-0.2, 0) is 15.4 Å². The van der Waals surface area contributed by atoms with E-state index >= 15 is 0 Å². The molecule has 24 heavy (non-hydrogen) atoms. The fourth-order valence-electron chi connectivity index (χ4n) is 2.08. The Hall–Kier alpha value is -2.41. The summed E-state index contributed by atoms with van der Waals surface area (Å²) in [5, 5.41) is 9.93. The molecule has 0 fully saturated rings. The molecule has 0 aliphatic rings. The highest BCUT2D eigenvalue weighted by atomic mass is 32.2. The smallest absolute Gasteiger partial charge is 0.187 e. The Morgan fingerprint density at radius 2 is 1.75 bits per heavy atom. The van der Waals surface area contributed by atoms with Gasteiger partial charge in [0.25, 0.3) is 0 Å². The highest BCUT2D eigenvalue weighted by Gasteiger charge is 2.34.